The van der Waals surface area contributed by atoms with E-state index in [1.54, 1.807) is 6.20 Å². The van der Waals surface area contributed by atoms with Crippen LogP contribution in [0.1, 0.15) is 96.3 Å². The molecule has 0 heterocycles. The van der Waals surface area contributed by atoms with Gasteiger partial charge in [0.25, 0.3) is 0 Å². The molecule has 0 bridgehead atoms. The van der Waals surface area contributed by atoms with Crippen LogP contribution in [0.4, 0.5) is 0 Å². The lowest BCUT2D eigenvalue weighted by Crippen LogP contribution is -2.25. The molecule has 1 aliphatic carbocycles. The molecule has 1 saturated carbocycles. The predicted molar refractivity (Wildman–Crippen MR) is 98.9 cm³/mol. The van der Waals surface area contributed by atoms with Crippen molar-refractivity contribution in [2.75, 3.05) is 13.2 Å². The van der Waals surface area contributed by atoms with E-state index in [9.17, 15) is 0 Å². The topological polar surface area (TPSA) is 24.1 Å². The zero-order chi connectivity index (χ0) is 15.7. The first-order chi connectivity index (χ1) is 10.9. The van der Waals surface area contributed by atoms with Gasteiger partial charge in [-0.2, -0.15) is 0 Å². The van der Waals surface area contributed by atoms with Crippen molar-refractivity contribution in [2.24, 2.45) is 5.92 Å². The quantitative estimate of drug-likeness (QED) is 0.249. The smallest absolute Gasteiger partial charge is 0.0647 e. The van der Waals surface area contributed by atoms with Gasteiger partial charge in [0.15, 0.2) is 0 Å². The Morgan fingerprint density at radius 3 is 1.73 bits per heavy atom. The summed E-state index contributed by atoms with van der Waals surface area (Å²) in [7, 11) is 0. The van der Waals surface area contributed by atoms with Crippen molar-refractivity contribution in [3.63, 3.8) is 0 Å². The number of hydrogen-bond donors (Lipinski definition) is 2. The molecule has 1 rings (SSSR count). The molecular weight excluding hydrogens is 268 g/mol. The Labute approximate surface area is 139 Å². The van der Waals surface area contributed by atoms with Crippen molar-refractivity contribution in [3.05, 3.63) is 12.8 Å². The van der Waals surface area contributed by atoms with E-state index < -0.39 is 0 Å². The molecule has 130 valence electrons. The molecular formula is C20H40N2. The van der Waals surface area contributed by atoms with Gasteiger partial charge in [0.05, 0.1) is 6.67 Å². The molecule has 1 fully saturated rings. The van der Waals surface area contributed by atoms with Crippen molar-refractivity contribution in [1.29, 1.82) is 0 Å². The molecule has 2 nitrogen and oxygen atoms in total. The summed E-state index contributed by atoms with van der Waals surface area (Å²) in [6.07, 6.45) is 23.7. The van der Waals surface area contributed by atoms with E-state index in [4.69, 9.17) is 0 Å². The van der Waals surface area contributed by atoms with Crippen molar-refractivity contribution in [1.82, 2.24) is 10.6 Å². The average Bonchev–Trinajstić information content (AvgIpc) is 3.34. The molecule has 0 radical (unpaired) electrons. The van der Waals surface area contributed by atoms with Gasteiger partial charge in [-0.25, -0.2) is 0 Å². The number of rotatable bonds is 18. The molecule has 2 N–H and O–H groups in total. The normalized spacial score (nSPS) is 14.2. The fourth-order valence-corrected chi connectivity index (χ4v) is 3.09. The standard InChI is InChI=1S/C20H40N2/c1-2-21-19-22-18-14-12-10-8-6-4-3-5-7-9-11-13-15-20-16-17-20/h2,20-22H,1,3-19H2. The van der Waals surface area contributed by atoms with Crippen LogP contribution < -0.4 is 10.6 Å². The molecule has 0 aliphatic heterocycles. The minimum Gasteiger partial charge on any atom is -0.379 e. The van der Waals surface area contributed by atoms with Crippen molar-refractivity contribution >= 4 is 0 Å². The van der Waals surface area contributed by atoms with Gasteiger partial charge in [-0.05, 0) is 25.1 Å². The highest BCUT2D eigenvalue weighted by molar-refractivity contribution is 4.72. The summed E-state index contributed by atoms with van der Waals surface area (Å²) >= 11 is 0. The molecule has 0 amide bonds. The lowest BCUT2D eigenvalue weighted by Gasteiger charge is -2.05. The van der Waals surface area contributed by atoms with Gasteiger partial charge in [0.1, 0.15) is 0 Å². The molecule has 0 unspecified atom stereocenters. The Kier molecular flexibility index (Phi) is 13.7. The zero-order valence-electron chi connectivity index (χ0n) is 14.9. The number of nitrogens with one attached hydrogen (secondary N) is 2. The maximum Gasteiger partial charge on any atom is 0.0647 e. The van der Waals surface area contributed by atoms with Crippen LogP contribution in [0.2, 0.25) is 0 Å². The van der Waals surface area contributed by atoms with Crippen molar-refractivity contribution in [2.45, 2.75) is 96.3 Å². The van der Waals surface area contributed by atoms with E-state index in [1.165, 1.54) is 96.3 Å². The maximum absolute atomic E-state index is 3.63. The van der Waals surface area contributed by atoms with Crippen LogP contribution in [0, 0.1) is 5.92 Å². The van der Waals surface area contributed by atoms with E-state index in [0.29, 0.717) is 0 Å². The van der Waals surface area contributed by atoms with Crippen LogP contribution >= 0.6 is 0 Å². The third kappa shape index (κ3) is 14.4. The summed E-state index contributed by atoms with van der Waals surface area (Å²) in [6.45, 7) is 5.60. The highest BCUT2D eigenvalue weighted by Gasteiger charge is 2.19. The maximum atomic E-state index is 3.63. The summed E-state index contributed by atoms with van der Waals surface area (Å²) in [5.41, 5.74) is 0. The summed E-state index contributed by atoms with van der Waals surface area (Å²) in [6, 6.07) is 0. The first-order valence-electron chi connectivity index (χ1n) is 9.98. The SMILES string of the molecule is C=CNCNCCCCCCCCCCCCCCC1CC1. The molecule has 2 heteroatoms. The van der Waals surface area contributed by atoms with Crippen LogP contribution in [0.3, 0.4) is 0 Å². The summed E-state index contributed by atoms with van der Waals surface area (Å²) in [5, 5.41) is 6.41. The number of unbranched alkanes of at least 4 members (excludes halogenated alkanes) is 11. The van der Waals surface area contributed by atoms with Gasteiger partial charge >= 0.3 is 0 Å². The van der Waals surface area contributed by atoms with Crippen LogP contribution in [0.15, 0.2) is 12.8 Å². The molecule has 0 atom stereocenters. The van der Waals surface area contributed by atoms with E-state index in [1.807, 2.05) is 0 Å². The number of hydrogen-bond acceptors (Lipinski definition) is 2. The molecule has 0 aromatic heterocycles. The average molecular weight is 309 g/mol. The van der Waals surface area contributed by atoms with E-state index in [0.717, 1.165) is 19.1 Å². The van der Waals surface area contributed by atoms with Crippen molar-refractivity contribution in [3.8, 4) is 0 Å². The highest BCUT2D eigenvalue weighted by Crippen LogP contribution is 2.34. The zero-order valence-corrected chi connectivity index (χ0v) is 14.9. The lowest BCUT2D eigenvalue weighted by atomic mass is 10.0. The van der Waals surface area contributed by atoms with Crippen LogP contribution in [0.25, 0.3) is 0 Å². The van der Waals surface area contributed by atoms with Gasteiger partial charge in [-0.3, -0.25) is 0 Å². The summed E-state index contributed by atoms with van der Waals surface area (Å²) in [5.74, 6) is 1.14. The second kappa shape index (κ2) is 15.4. The molecule has 0 aromatic carbocycles. The Morgan fingerprint density at radius 2 is 1.23 bits per heavy atom. The van der Waals surface area contributed by atoms with E-state index >= 15 is 0 Å². The third-order valence-electron chi connectivity index (χ3n) is 4.78. The minimum absolute atomic E-state index is 0.851. The van der Waals surface area contributed by atoms with Crippen molar-refractivity contribution < 1.29 is 0 Å². The third-order valence-corrected chi connectivity index (χ3v) is 4.78. The summed E-state index contributed by atoms with van der Waals surface area (Å²) in [4.78, 5) is 0. The second-order valence-electron chi connectivity index (χ2n) is 7.06. The molecule has 0 saturated heterocycles. The highest BCUT2D eigenvalue weighted by atomic mass is 15.0. The monoisotopic (exact) mass is 308 g/mol. The summed E-state index contributed by atoms with van der Waals surface area (Å²) < 4.78 is 0. The predicted octanol–water partition coefficient (Wildman–Crippen LogP) is 5.75. The van der Waals surface area contributed by atoms with Gasteiger partial charge in [0.2, 0.25) is 0 Å². The molecule has 0 aromatic rings. The van der Waals surface area contributed by atoms with E-state index in [-0.39, 0.29) is 0 Å². The first-order valence-corrected chi connectivity index (χ1v) is 9.98. The molecule has 0 spiro atoms. The largest absolute Gasteiger partial charge is 0.379 e. The lowest BCUT2D eigenvalue weighted by molar-refractivity contribution is 0.524. The Bertz CT molecular complexity index is 236. The van der Waals surface area contributed by atoms with Gasteiger partial charge in [-0.15, -0.1) is 0 Å². The minimum atomic E-state index is 0.851. The Balaban J connectivity index is 1.60. The van der Waals surface area contributed by atoms with Crippen LogP contribution in [0.5, 0.6) is 0 Å². The van der Waals surface area contributed by atoms with Crippen LogP contribution in [-0.2, 0) is 0 Å². The Hall–Kier alpha value is -0.500. The molecule has 1 aliphatic rings. The van der Waals surface area contributed by atoms with Crippen LogP contribution in [-0.4, -0.2) is 13.2 Å². The molecule has 22 heavy (non-hydrogen) atoms. The first kappa shape index (κ1) is 19.5. The van der Waals surface area contributed by atoms with Gasteiger partial charge in [-0.1, -0.05) is 96.5 Å². The van der Waals surface area contributed by atoms with E-state index in [2.05, 4.69) is 17.2 Å². The van der Waals surface area contributed by atoms with Gasteiger partial charge in [0, 0.05) is 0 Å². The fraction of sp³-hybridized carbons (Fsp3) is 0.900. The Morgan fingerprint density at radius 1 is 0.727 bits per heavy atom. The van der Waals surface area contributed by atoms with Gasteiger partial charge < -0.3 is 10.6 Å². The second-order valence-corrected chi connectivity index (χ2v) is 7.06. The fourth-order valence-electron chi connectivity index (χ4n) is 3.09.